The van der Waals surface area contributed by atoms with Gasteiger partial charge >= 0.3 is 5.97 Å². The number of nitrogens with one attached hydrogen (secondary N) is 1. The largest absolute Gasteiger partial charge is 0.480 e. The molecule has 4 N–H and O–H groups in total. The third-order valence-electron chi connectivity index (χ3n) is 3.07. The van der Waals surface area contributed by atoms with Crippen LogP contribution in [0.1, 0.15) is 40.0 Å². The number of hydrogen-bond acceptors (Lipinski definition) is 3. The predicted octanol–water partition coefficient (Wildman–Crippen LogP) is 0.977. The second-order valence-corrected chi connectivity index (χ2v) is 4.43. The Hall–Kier alpha value is -1.10. The third kappa shape index (κ3) is 5.17. The molecule has 0 rings (SSSR count). The fourth-order valence-electron chi connectivity index (χ4n) is 1.66. The Labute approximate surface area is 103 Å². The van der Waals surface area contributed by atoms with Crippen LogP contribution in [0.2, 0.25) is 0 Å². The predicted molar refractivity (Wildman–Crippen MR) is 66.5 cm³/mol. The molecule has 0 aromatic carbocycles. The molecule has 0 spiro atoms. The first-order valence-electron chi connectivity index (χ1n) is 6.21. The van der Waals surface area contributed by atoms with Gasteiger partial charge in [0.1, 0.15) is 6.04 Å². The van der Waals surface area contributed by atoms with Gasteiger partial charge in [0.15, 0.2) is 0 Å². The van der Waals surface area contributed by atoms with Gasteiger partial charge in [-0.1, -0.05) is 33.6 Å². The normalized spacial score (nSPS) is 16.0. The minimum absolute atomic E-state index is 0.0866. The van der Waals surface area contributed by atoms with Gasteiger partial charge in [-0.25, -0.2) is 4.79 Å². The lowest BCUT2D eigenvalue weighted by molar-refractivity contribution is -0.144. The van der Waals surface area contributed by atoms with Crippen LogP contribution in [0.3, 0.4) is 0 Å². The minimum atomic E-state index is -0.986. The zero-order chi connectivity index (χ0) is 13.4. The highest BCUT2D eigenvalue weighted by molar-refractivity contribution is 5.85. The molecule has 0 fully saturated rings. The Morgan fingerprint density at radius 2 is 1.94 bits per heavy atom. The van der Waals surface area contributed by atoms with E-state index in [1.807, 2.05) is 20.8 Å². The molecule has 0 radical (unpaired) electrons. The van der Waals surface area contributed by atoms with Crippen molar-refractivity contribution in [3.8, 4) is 0 Å². The van der Waals surface area contributed by atoms with E-state index in [4.69, 9.17) is 10.8 Å². The Bertz CT molecular complexity index is 256. The molecule has 0 aromatic rings. The molecular weight excluding hydrogens is 220 g/mol. The Morgan fingerprint density at radius 3 is 2.29 bits per heavy atom. The number of carbonyl (C=O) groups is 2. The molecule has 5 heteroatoms. The maximum absolute atomic E-state index is 11.8. The van der Waals surface area contributed by atoms with E-state index in [0.717, 1.165) is 6.42 Å². The molecule has 0 saturated carbocycles. The van der Waals surface area contributed by atoms with Gasteiger partial charge in [0.25, 0.3) is 0 Å². The van der Waals surface area contributed by atoms with E-state index < -0.39 is 12.0 Å². The van der Waals surface area contributed by atoms with Gasteiger partial charge < -0.3 is 16.2 Å². The number of hydrogen-bond donors (Lipinski definition) is 3. The van der Waals surface area contributed by atoms with E-state index in [1.165, 1.54) is 0 Å². The molecule has 17 heavy (non-hydrogen) atoms. The number of carboxylic acid groups (broad SMARTS) is 1. The van der Waals surface area contributed by atoms with Crippen molar-refractivity contribution in [2.45, 2.75) is 46.1 Å². The van der Waals surface area contributed by atoms with Gasteiger partial charge in [0, 0.05) is 6.54 Å². The summed E-state index contributed by atoms with van der Waals surface area (Å²) in [5.74, 6) is -1.61. The maximum Gasteiger partial charge on any atom is 0.326 e. The number of carboxylic acids is 1. The molecule has 0 aromatic heterocycles. The number of rotatable bonds is 8. The molecule has 100 valence electrons. The molecule has 0 heterocycles. The quantitative estimate of drug-likeness (QED) is 0.593. The highest BCUT2D eigenvalue weighted by atomic mass is 16.4. The van der Waals surface area contributed by atoms with Crippen LogP contribution in [0.5, 0.6) is 0 Å². The van der Waals surface area contributed by atoms with Crippen molar-refractivity contribution in [1.82, 2.24) is 5.32 Å². The number of amides is 1. The van der Waals surface area contributed by atoms with E-state index in [9.17, 15) is 9.59 Å². The van der Waals surface area contributed by atoms with E-state index >= 15 is 0 Å². The number of aliphatic carboxylic acids is 1. The van der Waals surface area contributed by atoms with Crippen molar-refractivity contribution in [3.05, 3.63) is 0 Å². The van der Waals surface area contributed by atoms with E-state index in [0.29, 0.717) is 12.8 Å². The number of nitrogens with two attached hydrogens (primary N) is 1. The third-order valence-corrected chi connectivity index (χ3v) is 3.07. The number of carbonyl (C=O) groups excluding carboxylic acids is 1. The molecule has 3 unspecified atom stereocenters. The zero-order valence-electron chi connectivity index (χ0n) is 10.9. The fraction of sp³-hybridized carbons (Fsp3) is 0.833. The summed E-state index contributed by atoms with van der Waals surface area (Å²) in [7, 11) is 0. The van der Waals surface area contributed by atoms with Gasteiger partial charge in [-0.05, 0) is 12.3 Å². The van der Waals surface area contributed by atoms with E-state index in [-0.39, 0.29) is 24.3 Å². The highest BCUT2D eigenvalue weighted by Gasteiger charge is 2.27. The molecule has 3 atom stereocenters. The van der Waals surface area contributed by atoms with Gasteiger partial charge in [-0.3, -0.25) is 4.79 Å². The summed E-state index contributed by atoms with van der Waals surface area (Å²) in [5, 5.41) is 11.6. The van der Waals surface area contributed by atoms with Crippen LogP contribution in [0.4, 0.5) is 0 Å². The van der Waals surface area contributed by atoms with Crippen molar-refractivity contribution in [1.29, 1.82) is 0 Å². The second-order valence-electron chi connectivity index (χ2n) is 4.43. The molecule has 1 amide bonds. The summed E-state index contributed by atoms with van der Waals surface area (Å²) in [6, 6.07) is -0.821. The lowest BCUT2D eigenvalue weighted by Gasteiger charge is -2.23. The maximum atomic E-state index is 11.8. The fourth-order valence-corrected chi connectivity index (χ4v) is 1.66. The summed E-state index contributed by atoms with van der Waals surface area (Å²) in [5.41, 5.74) is 5.51. The second kappa shape index (κ2) is 8.06. The van der Waals surface area contributed by atoms with Crippen LogP contribution in [0.15, 0.2) is 0 Å². The minimum Gasteiger partial charge on any atom is -0.480 e. The van der Waals surface area contributed by atoms with Gasteiger partial charge in [0.2, 0.25) is 5.91 Å². The molecule has 0 bridgehead atoms. The van der Waals surface area contributed by atoms with E-state index in [2.05, 4.69) is 5.32 Å². The smallest absolute Gasteiger partial charge is 0.326 e. The summed E-state index contributed by atoms with van der Waals surface area (Å²) in [6.45, 7) is 5.95. The average Bonchev–Trinajstić information content (AvgIpc) is 2.31. The van der Waals surface area contributed by atoms with Gasteiger partial charge in [0.05, 0.1) is 5.92 Å². The SMILES string of the molecule is CCCC(CN)C(=O)NC(C(=O)O)C(C)CC. The lowest BCUT2D eigenvalue weighted by atomic mass is 9.97. The van der Waals surface area contributed by atoms with Crippen molar-refractivity contribution in [2.75, 3.05) is 6.54 Å². The van der Waals surface area contributed by atoms with Crippen molar-refractivity contribution >= 4 is 11.9 Å². The molecule has 5 nitrogen and oxygen atoms in total. The Balaban J connectivity index is 4.53. The van der Waals surface area contributed by atoms with Crippen LogP contribution < -0.4 is 11.1 Å². The molecular formula is C12H24N2O3. The van der Waals surface area contributed by atoms with Crippen LogP contribution in [-0.2, 0) is 9.59 Å². The lowest BCUT2D eigenvalue weighted by Crippen LogP contribution is -2.48. The molecule has 0 saturated heterocycles. The van der Waals surface area contributed by atoms with E-state index in [1.54, 1.807) is 0 Å². The monoisotopic (exact) mass is 244 g/mol. The van der Waals surface area contributed by atoms with Crippen molar-refractivity contribution in [2.24, 2.45) is 17.6 Å². The highest BCUT2D eigenvalue weighted by Crippen LogP contribution is 2.11. The standard InChI is InChI=1S/C12H24N2O3/c1-4-6-9(7-13)11(15)14-10(12(16)17)8(3)5-2/h8-10H,4-7,13H2,1-3H3,(H,14,15)(H,16,17). The molecule has 0 aliphatic heterocycles. The first-order valence-corrected chi connectivity index (χ1v) is 6.21. The summed E-state index contributed by atoms with van der Waals surface area (Å²) >= 11 is 0. The van der Waals surface area contributed by atoms with Crippen LogP contribution in [0, 0.1) is 11.8 Å². The Morgan fingerprint density at radius 1 is 1.35 bits per heavy atom. The van der Waals surface area contributed by atoms with Crippen molar-refractivity contribution < 1.29 is 14.7 Å². The topological polar surface area (TPSA) is 92.4 Å². The van der Waals surface area contributed by atoms with Gasteiger partial charge in [-0.2, -0.15) is 0 Å². The summed E-state index contributed by atoms with van der Waals surface area (Å²) in [6.07, 6.45) is 2.25. The first kappa shape index (κ1) is 15.9. The van der Waals surface area contributed by atoms with Crippen LogP contribution in [0.25, 0.3) is 0 Å². The average molecular weight is 244 g/mol. The molecule has 0 aliphatic carbocycles. The van der Waals surface area contributed by atoms with Crippen LogP contribution in [-0.4, -0.2) is 29.6 Å². The Kier molecular flexibility index (Phi) is 7.54. The summed E-state index contributed by atoms with van der Waals surface area (Å²) < 4.78 is 0. The van der Waals surface area contributed by atoms with Gasteiger partial charge in [-0.15, -0.1) is 0 Å². The van der Waals surface area contributed by atoms with Crippen LogP contribution >= 0.6 is 0 Å². The first-order chi connectivity index (χ1) is 7.97. The molecule has 0 aliphatic rings. The summed E-state index contributed by atoms with van der Waals surface area (Å²) in [4.78, 5) is 22.9. The van der Waals surface area contributed by atoms with Crippen molar-refractivity contribution in [3.63, 3.8) is 0 Å². The zero-order valence-corrected chi connectivity index (χ0v) is 10.9.